The van der Waals surface area contributed by atoms with Gasteiger partial charge in [0.25, 0.3) is 0 Å². The van der Waals surface area contributed by atoms with Gasteiger partial charge < -0.3 is 0 Å². The van der Waals surface area contributed by atoms with Gasteiger partial charge in [0, 0.05) is 15.4 Å². The Morgan fingerprint density at radius 3 is 2.74 bits per heavy atom. The fourth-order valence-electron chi connectivity index (χ4n) is 1.93. The van der Waals surface area contributed by atoms with Gasteiger partial charge in [-0.1, -0.05) is 35.8 Å². The number of hydrogen-bond acceptors (Lipinski definition) is 3. The maximum absolute atomic E-state index is 9.24. The van der Waals surface area contributed by atoms with Crippen LogP contribution in [0.2, 0.25) is 0 Å². The Balaban J connectivity index is 2.41. The van der Waals surface area contributed by atoms with Crippen LogP contribution in [0.1, 0.15) is 31.0 Å². The van der Waals surface area contributed by atoms with Gasteiger partial charge in [0.1, 0.15) is 5.01 Å². The summed E-state index contributed by atoms with van der Waals surface area (Å²) in [6.45, 7) is 6.18. The average Bonchev–Trinajstić information content (AvgIpc) is 2.82. The molecule has 4 heteroatoms. The summed E-state index contributed by atoms with van der Waals surface area (Å²) in [5.41, 5.74) is 3.21. The van der Waals surface area contributed by atoms with Crippen molar-refractivity contribution in [3.8, 4) is 16.6 Å². The number of hydrogen-bond donors (Lipinski definition) is 0. The fraction of sp³-hybridized carbons (Fsp3) is 0.333. The summed E-state index contributed by atoms with van der Waals surface area (Å²) in [5.74, 6) is 0.154. The van der Waals surface area contributed by atoms with E-state index < -0.39 is 0 Å². The lowest BCUT2D eigenvalue weighted by Gasteiger charge is -2.09. The molecule has 0 saturated heterocycles. The quantitative estimate of drug-likeness (QED) is 0.778. The molecule has 1 aromatic carbocycles. The minimum atomic E-state index is -0.127. The molecule has 0 aliphatic heterocycles. The van der Waals surface area contributed by atoms with Gasteiger partial charge in [0.05, 0.1) is 17.7 Å². The second-order valence-corrected chi connectivity index (χ2v) is 6.66. The first kappa shape index (κ1) is 14.2. The maximum atomic E-state index is 9.24. The third kappa shape index (κ3) is 3.05. The zero-order chi connectivity index (χ0) is 14.0. The molecule has 19 heavy (non-hydrogen) atoms. The van der Waals surface area contributed by atoms with Crippen molar-refractivity contribution in [3.63, 3.8) is 0 Å². The number of benzene rings is 1. The van der Waals surface area contributed by atoms with E-state index >= 15 is 0 Å². The molecule has 98 valence electrons. The van der Waals surface area contributed by atoms with Crippen LogP contribution in [0.4, 0.5) is 0 Å². The van der Waals surface area contributed by atoms with E-state index in [0.717, 1.165) is 20.7 Å². The summed E-state index contributed by atoms with van der Waals surface area (Å²) < 4.78 is 1.05. The first-order valence-electron chi connectivity index (χ1n) is 6.14. The number of nitrogens with zero attached hydrogens (tertiary/aromatic N) is 2. The zero-order valence-corrected chi connectivity index (χ0v) is 13.5. The average molecular weight is 335 g/mol. The van der Waals surface area contributed by atoms with Crippen molar-refractivity contribution in [3.05, 3.63) is 39.3 Å². The second-order valence-electron chi connectivity index (χ2n) is 4.89. The first-order valence-corrected chi connectivity index (χ1v) is 7.81. The zero-order valence-electron chi connectivity index (χ0n) is 11.1. The van der Waals surface area contributed by atoms with Gasteiger partial charge in [-0.05, 0) is 30.5 Å². The lowest BCUT2D eigenvalue weighted by atomic mass is 9.95. The van der Waals surface area contributed by atoms with E-state index in [1.54, 1.807) is 11.3 Å². The van der Waals surface area contributed by atoms with Gasteiger partial charge in [-0.2, -0.15) is 5.26 Å². The molecule has 2 nitrogen and oxygen atoms in total. The molecule has 1 unspecified atom stereocenters. The standard InChI is InChI=1S/C15H15BrN2S/c1-9(2)13(7-17)14-8-19-15(18-14)12-6-11(16)5-4-10(12)3/h4-6,8-9,13H,1-3H3. The molecule has 0 fully saturated rings. The monoisotopic (exact) mass is 334 g/mol. The van der Waals surface area contributed by atoms with E-state index in [4.69, 9.17) is 0 Å². The first-order chi connectivity index (χ1) is 9.02. The number of rotatable bonds is 3. The largest absolute Gasteiger partial charge is 0.240 e. The Labute approximate surface area is 126 Å². The van der Waals surface area contributed by atoms with Crippen molar-refractivity contribution >= 4 is 27.3 Å². The van der Waals surface area contributed by atoms with E-state index in [9.17, 15) is 5.26 Å². The third-order valence-corrected chi connectivity index (χ3v) is 4.46. The summed E-state index contributed by atoms with van der Waals surface area (Å²) in [6.07, 6.45) is 0. The summed E-state index contributed by atoms with van der Waals surface area (Å²) >= 11 is 5.09. The normalized spacial score (nSPS) is 12.4. The Bertz CT molecular complexity index is 625. The number of thiazole rings is 1. The Morgan fingerprint density at radius 1 is 1.37 bits per heavy atom. The molecule has 0 aliphatic rings. The number of nitriles is 1. The minimum Gasteiger partial charge on any atom is -0.240 e. The van der Waals surface area contributed by atoms with Crippen LogP contribution in [-0.2, 0) is 0 Å². The van der Waals surface area contributed by atoms with E-state index in [1.807, 2.05) is 11.4 Å². The van der Waals surface area contributed by atoms with Crippen LogP contribution >= 0.6 is 27.3 Å². The van der Waals surface area contributed by atoms with Crippen LogP contribution < -0.4 is 0 Å². The van der Waals surface area contributed by atoms with Crippen LogP contribution in [0, 0.1) is 24.2 Å². The van der Waals surface area contributed by atoms with Gasteiger partial charge in [-0.25, -0.2) is 4.98 Å². The minimum absolute atomic E-state index is 0.127. The van der Waals surface area contributed by atoms with Crippen molar-refractivity contribution < 1.29 is 0 Å². The molecule has 0 radical (unpaired) electrons. The van der Waals surface area contributed by atoms with E-state index in [2.05, 4.69) is 59.9 Å². The summed E-state index contributed by atoms with van der Waals surface area (Å²) in [5, 5.41) is 12.2. The van der Waals surface area contributed by atoms with Crippen molar-refractivity contribution in [1.82, 2.24) is 4.98 Å². The van der Waals surface area contributed by atoms with Crippen LogP contribution in [-0.4, -0.2) is 4.98 Å². The highest BCUT2D eigenvalue weighted by atomic mass is 79.9. The lowest BCUT2D eigenvalue weighted by molar-refractivity contribution is 0.578. The van der Waals surface area contributed by atoms with Crippen LogP contribution in [0.25, 0.3) is 10.6 Å². The number of aryl methyl sites for hydroxylation is 1. The van der Waals surface area contributed by atoms with Gasteiger partial charge in [-0.3, -0.25) is 0 Å². The molecule has 1 aromatic heterocycles. The molecule has 0 bridgehead atoms. The maximum Gasteiger partial charge on any atom is 0.123 e. The van der Waals surface area contributed by atoms with Gasteiger partial charge in [-0.15, -0.1) is 11.3 Å². The molecule has 1 heterocycles. The smallest absolute Gasteiger partial charge is 0.123 e. The van der Waals surface area contributed by atoms with Crippen LogP contribution in [0.15, 0.2) is 28.1 Å². The predicted molar refractivity (Wildman–Crippen MR) is 83.2 cm³/mol. The molecule has 2 rings (SSSR count). The topological polar surface area (TPSA) is 36.7 Å². The van der Waals surface area contributed by atoms with Crippen LogP contribution in [0.5, 0.6) is 0 Å². The third-order valence-electron chi connectivity index (χ3n) is 3.08. The Kier molecular flexibility index (Phi) is 4.38. The van der Waals surface area contributed by atoms with Crippen molar-refractivity contribution in [2.45, 2.75) is 26.7 Å². The number of halogens is 1. The predicted octanol–water partition coefficient (Wildman–Crippen LogP) is 5.14. The Hall–Kier alpha value is -1.18. The van der Waals surface area contributed by atoms with E-state index in [0.29, 0.717) is 0 Å². The van der Waals surface area contributed by atoms with Crippen LogP contribution in [0.3, 0.4) is 0 Å². The van der Waals surface area contributed by atoms with Gasteiger partial charge in [0.2, 0.25) is 0 Å². The molecule has 0 spiro atoms. The molecular formula is C15H15BrN2S. The van der Waals surface area contributed by atoms with Crippen molar-refractivity contribution in [2.24, 2.45) is 5.92 Å². The molecule has 0 aliphatic carbocycles. The highest BCUT2D eigenvalue weighted by Gasteiger charge is 2.19. The van der Waals surface area contributed by atoms with Crippen molar-refractivity contribution in [2.75, 3.05) is 0 Å². The molecule has 2 aromatic rings. The molecule has 0 N–H and O–H groups in total. The van der Waals surface area contributed by atoms with Gasteiger partial charge in [0.15, 0.2) is 0 Å². The second kappa shape index (κ2) is 5.85. The fourth-order valence-corrected chi connectivity index (χ4v) is 3.23. The number of aromatic nitrogens is 1. The molecule has 0 amide bonds. The summed E-state index contributed by atoms with van der Waals surface area (Å²) in [4.78, 5) is 4.65. The lowest BCUT2D eigenvalue weighted by Crippen LogP contribution is -2.04. The highest BCUT2D eigenvalue weighted by molar-refractivity contribution is 9.10. The Morgan fingerprint density at radius 2 is 2.11 bits per heavy atom. The molecule has 1 atom stereocenters. The van der Waals surface area contributed by atoms with Crippen molar-refractivity contribution in [1.29, 1.82) is 5.26 Å². The van der Waals surface area contributed by atoms with E-state index in [1.165, 1.54) is 5.56 Å². The summed E-state index contributed by atoms with van der Waals surface area (Å²) in [7, 11) is 0. The highest BCUT2D eigenvalue weighted by Crippen LogP contribution is 2.32. The SMILES string of the molecule is Cc1ccc(Br)cc1-c1nc(C(C#N)C(C)C)cs1. The van der Waals surface area contributed by atoms with Gasteiger partial charge >= 0.3 is 0 Å². The van der Waals surface area contributed by atoms with E-state index in [-0.39, 0.29) is 11.8 Å². The summed E-state index contributed by atoms with van der Waals surface area (Å²) in [6, 6.07) is 8.52. The molecule has 0 saturated carbocycles. The molecular weight excluding hydrogens is 320 g/mol.